The molecule has 2 aromatic carbocycles. The van der Waals surface area contributed by atoms with Gasteiger partial charge in [0.1, 0.15) is 5.75 Å². The maximum absolute atomic E-state index is 11.5. The number of para-hydroxylation sites is 1. The number of fused-ring (bicyclic) bond motifs is 3. The average molecular weight is 542 g/mol. The van der Waals surface area contributed by atoms with Crippen LogP contribution in [-0.4, -0.2) is 52.0 Å². The molecule has 0 aliphatic heterocycles. The Morgan fingerprint density at radius 2 is 1.36 bits per heavy atom. The summed E-state index contributed by atoms with van der Waals surface area (Å²) in [7, 11) is 1.02. The van der Waals surface area contributed by atoms with Gasteiger partial charge in [-0.05, 0) is 33.8 Å². The monoisotopic (exact) mass is 541 g/mol. The molecule has 3 rings (SSSR count). The maximum Gasteiger partial charge on any atom is 0.341 e. The van der Waals surface area contributed by atoms with E-state index in [1.54, 1.807) is 0 Å². The third-order valence-electron chi connectivity index (χ3n) is 5.18. The van der Waals surface area contributed by atoms with Crippen LogP contribution in [0.25, 0.3) is 21.8 Å². The standard InChI is InChI=1S/C26H35NO6Si3/c1-15(2)34-31-11-19-20(12-32-35-16(3)4)24-18-9-7-8-10-22(18)27-25(24)26(30-14-23(28)29)21(19)13-33-36-17(5)6/h7-10,15-17,27H,11-14H2,1-6H3,(H,28,29). The molecule has 0 spiro atoms. The molecule has 0 aliphatic carbocycles. The number of H-pyrrole nitrogens is 1. The van der Waals surface area contributed by atoms with Gasteiger partial charge in [-0.3, -0.25) is 0 Å². The molecule has 0 unspecified atom stereocenters. The molecule has 6 radical (unpaired) electrons. The van der Waals surface area contributed by atoms with Gasteiger partial charge in [0.25, 0.3) is 0 Å². The van der Waals surface area contributed by atoms with Crippen molar-refractivity contribution in [3.8, 4) is 5.75 Å². The number of carboxylic acids is 1. The predicted molar refractivity (Wildman–Crippen MR) is 146 cm³/mol. The predicted octanol–water partition coefficient (Wildman–Crippen LogP) is 5.68. The molecule has 1 heterocycles. The number of rotatable bonds is 15. The van der Waals surface area contributed by atoms with Gasteiger partial charge < -0.3 is 28.1 Å². The third-order valence-corrected chi connectivity index (χ3v) is 7.53. The van der Waals surface area contributed by atoms with E-state index in [-0.39, 0.29) is 0 Å². The number of aromatic amines is 1. The van der Waals surface area contributed by atoms with E-state index in [0.717, 1.165) is 38.5 Å². The van der Waals surface area contributed by atoms with Crippen LogP contribution in [0.15, 0.2) is 24.3 Å². The van der Waals surface area contributed by atoms with Crippen molar-refractivity contribution in [2.24, 2.45) is 0 Å². The van der Waals surface area contributed by atoms with Gasteiger partial charge in [0.05, 0.1) is 25.3 Å². The van der Waals surface area contributed by atoms with E-state index in [9.17, 15) is 9.90 Å². The van der Waals surface area contributed by atoms with Crippen molar-refractivity contribution in [1.82, 2.24) is 4.98 Å². The molecule has 2 N–H and O–H groups in total. The molecule has 0 bridgehead atoms. The summed E-state index contributed by atoms with van der Waals surface area (Å²) in [6.07, 6.45) is 0. The highest BCUT2D eigenvalue weighted by atomic mass is 28.2. The van der Waals surface area contributed by atoms with Crippen molar-refractivity contribution in [2.75, 3.05) is 6.61 Å². The van der Waals surface area contributed by atoms with Crippen molar-refractivity contribution >= 4 is 57.1 Å². The lowest BCUT2D eigenvalue weighted by molar-refractivity contribution is -0.139. The van der Waals surface area contributed by atoms with E-state index in [4.69, 9.17) is 18.0 Å². The Balaban J connectivity index is 2.26. The van der Waals surface area contributed by atoms with Gasteiger partial charge in [0, 0.05) is 21.9 Å². The van der Waals surface area contributed by atoms with Crippen LogP contribution in [0.3, 0.4) is 0 Å². The first-order valence-electron chi connectivity index (χ1n) is 12.2. The molecular formula is C26H35NO6Si3. The van der Waals surface area contributed by atoms with E-state index < -0.39 is 12.6 Å². The zero-order valence-electron chi connectivity index (χ0n) is 21.9. The summed E-state index contributed by atoms with van der Waals surface area (Å²) >= 11 is 0. The van der Waals surface area contributed by atoms with Crippen LogP contribution in [0.5, 0.6) is 5.75 Å². The number of benzene rings is 2. The second-order valence-corrected chi connectivity index (χ2v) is 14.6. The van der Waals surface area contributed by atoms with Crippen molar-refractivity contribution < 1.29 is 27.9 Å². The van der Waals surface area contributed by atoms with Gasteiger partial charge in [0.15, 0.2) is 6.61 Å². The third kappa shape index (κ3) is 7.53. The molecule has 7 nitrogen and oxygen atoms in total. The SMILES string of the molecule is CC(C)[Si]OCc1c(CO[Si]C(C)C)c(CO[Si]C(C)C)c2c([nH]c3ccccc32)c1OCC(=O)O. The fourth-order valence-electron chi connectivity index (χ4n) is 3.87. The lowest BCUT2D eigenvalue weighted by Gasteiger charge is -2.22. The van der Waals surface area contributed by atoms with Crippen LogP contribution in [0.2, 0.25) is 16.6 Å². The van der Waals surface area contributed by atoms with Crippen LogP contribution in [0, 0.1) is 0 Å². The molecule has 192 valence electrons. The summed E-state index contributed by atoms with van der Waals surface area (Å²) in [5.41, 5.74) is 5.78. The van der Waals surface area contributed by atoms with Gasteiger partial charge >= 0.3 is 5.97 Å². The summed E-state index contributed by atoms with van der Waals surface area (Å²) in [5.74, 6) is -0.515. The Bertz CT molecular complexity index is 1160. The summed E-state index contributed by atoms with van der Waals surface area (Å²) in [4.78, 5) is 15.0. The van der Waals surface area contributed by atoms with E-state index in [0.29, 0.717) is 71.5 Å². The second kappa shape index (κ2) is 13.5. The van der Waals surface area contributed by atoms with Gasteiger partial charge in [-0.25, -0.2) is 4.79 Å². The van der Waals surface area contributed by atoms with Gasteiger partial charge in [0.2, 0.25) is 29.3 Å². The smallest absolute Gasteiger partial charge is 0.341 e. The lowest BCUT2D eigenvalue weighted by Crippen LogP contribution is -2.16. The number of hydrogen-bond acceptors (Lipinski definition) is 5. The number of ether oxygens (including phenoxy) is 1. The fourth-order valence-corrected chi connectivity index (χ4v) is 5.55. The molecular weight excluding hydrogens is 507 g/mol. The highest BCUT2D eigenvalue weighted by Crippen LogP contribution is 2.41. The first-order valence-corrected chi connectivity index (χ1v) is 15.2. The average Bonchev–Trinajstić information content (AvgIpc) is 3.18. The lowest BCUT2D eigenvalue weighted by atomic mass is 9.95. The van der Waals surface area contributed by atoms with Crippen LogP contribution in [0.1, 0.15) is 58.2 Å². The Morgan fingerprint density at radius 3 is 1.92 bits per heavy atom. The Hall–Kier alpha value is -1.96. The normalized spacial score (nSPS) is 12.0. The minimum atomic E-state index is -1.03. The molecule has 10 heteroatoms. The molecule has 1 aromatic heterocycles. The molecule has 0 saturated carbocycles. The highest BCUT2D eigenvalue weighted by Gasteiger charge is 2.25. The van der Waals surface area contributed by atoms with E-state index >= 15 is 0 Å². The topological polar surface area (TPSA) is 90.0 Å². The van der Waals surface area contributed by atoms with Crippen molar-refractivity contribution in [1.29, 1.82) is 0 Å². The first-order chi connectivity index (χ1) is 17.2. The molecule has 0 aliphatic rings. The first kappa shape index (κ1) is 28.6. The Labute approximate surface area is 221 Å². The van der Waals surface area contributed by atoms with Crippen molar-refractivity contribution in [2.45, 2.75) is 78.0 Å². The molecule has 0 amide bonds. The number of nitrogens with one attached hydrogen (secondary N) is 1. The fraction of sp³-hybridized carbons (Fsp3) is 0.500. The Kier molecular flexibility index (Phi) is 10.8. The number of aromatic nitrogens is 1. The minimum absolute atomic E-state index is 0.305. The van der Waals surface area contributed by atoms with E-state index in [2.05, 4.69) is 52.6 Å². The summed E-state index contributed by atoms with van der Waals surface area (Å²) in [6, 6.07) is 8.07. The van der Waals surface area contributed by atoms with Crippen LogP contribution >= 0.6 is 0 Å². The highest BCUT2D eigenvalue weighted by molar-refractivity contribution is 6.29. The van der Waals surface area contributed by atoms with Crippen molar-refractivity contribution in [3.63, 3.8) is 0 Å². The number of carbonyl (C=O) groups is 1. The quantitative estimate of drug-likeness (QED) is 0.241. The molecule has 36 heavy (non-hydrogen) atoms. The van der Waals surface area contributed by atoms with E-state index in [1.807, 2.05) is 18.2 Å². The van der Waals surface area contributed by atoms with Crippen LogP contribution in [-0.2, 0) is 37.9 Å². The maximum atomic E-state index is 11.5. The molecule has 0 fully saturated rings. The zero-order chi connectivity index (χ0) is 26.2. The van der Waals surface area contributed by atoms with Crippen LogP contribution in [0.4, 0.5) is 0 Å². The van der Waals surface area contributed by atoms with E-state index in [1.165, 1.54) is 0 Å². The van der Waals surface area contributed by atoms with Gasteiger partial charge in [-0.2, -0.15) is 0 Å². The summed E-state index contributed by atoms with van der Waals surface area (Å²) in [5, 5.41) is 11.4. The molecule has 0 saturated heterocycles. The number of carboxylic acid groups (broad SMARTS) is 1. The number of aliphatic carboxylic acids is 1. The molecule has 0 atom stereocenters. The van der Waals surface area contributed by atoms with Gasteiger partial charge in [-0.1, -0.05) is 59.7 Å². The zero-order valence-corrected chi connectivity index (χ0v) is 24.9. The second-order valence-electron chi connectivity index (χ2n) is 9.55. The minimum Gasteiger partial charge on any atom is -0.479 e. The molecule has 3 aromatic rings. The van der Waals surface area contributed by atoms with Crippen LogP contribution < -0.4 is 4.74 Å². The number of hydrogen-bond donors (Lipinski definition) is 2. The summed E-state index contributed by atoms with van der Waals surface area (Å²) in [6.45, 7) is 13.4. The van der Waals surface area contributed by atoms with Gasteiger partial charge in [-0.15, -0.1) is 0 Å². The largest absolute Gasteiger partial charge is 0.479 e. The summed E-state index contributed by atoms with van der Waals surface area (Å²) < 4.78 is 24.4. The Morgan fingerprint density at radius 1 is 0.833 bits per heavy atom. The van der Waals surface area contributed by atoms with Crippen molar-refractivity contribution in [3.05, 3.63) is 41.0 Å².